The van der Waals surface area contributed by atoms with E-state index in [1.807, 2.05) is 0 Å². The highest BCUT2D eigenvalue weighted by Crippen LogP contribution is 2.36. The zero-order valence-electron chi connectivity index (χ0n) is 12.6. The van der Waals surface area contributed by atoms with E-state index < -0.39 is 18.0 Å². The topological polar surface area (TPSA) is 73.9 Å². The number of benzene rings is 1. The molecule has 0 radical (unpaired) electrons. The van der Waals surface area contributed by atoms with Gasteiger partial charge in [0.15, 0.2) is 17.6 Å². The van der Waals surface area contributed by atoms with Gasteiger partial charge in [0.1, 0.15) is 0 Å². The Morgan fingerprint density at radius 3 is 2.59 bits per heavy atom. The Bertz CT molecular complexity index is 573. The SMILES string of the molecule is C=CCNC(=O)[C@H](C)OC(=O)c1cc(Cl)c(OC)c(OC)c1. The number of hydrogen-bond donors (Lipinski definition) is 1. The number of nitrogens with one attached hydrogen (secondary N) is 1. The van der Waals surface area contributed by atoms with Gasteiger partial charge in [-0.2, -0.15) is 0 Å². The van der Waals surface area contributed by atoms with E-state index in [1.165, 1.54) is 39.4 Å². The van der Waals surface area contributed by atoms with Gasteiger partial charge in [-0.05, 0) is 19.1 Å². The summed E-state index contributed by atoms with van der Waals surface area (Å²) in [6.07, 6.45) is 0.583. The van der Waals surface area contributed by atoms with E-state index in [1.54, 1.807) is 0 Å². The Labute approximate surface area is 134 Å². The Morgan fingerprint density at radius 2 is 2.05 bits per heavy atom. The Morgan fingerprint density at radius 1 is 1.36 bits per heavy atom. The van der Waals surface area contributed by atoms with Gasteiger partial charge in [0.25, 0.3) is 5.91 Å². The minimum absolute atomic E-state index is 0.158. The molecular formula is C15H18ClNO5. The summed E-state index contributed by atoms with van der Waals surface area (Å²) in [6, 6.07) is 2.82. The molecule has 1 aromatic carbocycles. The number of halogens is 1. The third-order valence-corrected chi connectivity index (χ3v) is 3.02. The molecule has 0 aromatic heterocycles. The van der Waals surface area contributed by atoms with Crippen molar-refractivity contribution in [3.8, 4) is 11.5 Å². The van der Waals surface area contributed by atoms with E-state index in [9.17, 15) is 9.59 Å². The molecule has 0 spiro atoms. The van der Waals surface area contributed by atoms with Crippen molar-refractivity contribution in [2.75, 3.05) is 20.8 Å². The molecule has 0 saturated heterocycles. The van der Waals surface area contributed by atoms with Crippen LogP contribution in [0, 0.1) is 0 Å². The molecule has 0 aliphatic rings. The second-order valence-electron chi connectivity index (χ2n) is 4.27. The molecule has 0 aliphatic heterocycles. The maximum Gasteiger partial charge on any atom is 0.339 e. The number of ether oxygens (including phenoxy) is 3. The van der Waals surface area contributed by atoms with E-state index in [-0.39, 0.29) is 10.6 Å². The van der Waals surface area contributed by atoms with Crippen LogP contribution < -0.4 is 14.8 Å². The van der Waals surface area contributed by atoms with Crippen molar-refractivity contribution in [1.82, 2.24) is 5.32 Å². The number of carbonyl (C=O) groups excluding carboxylic acids is 2. The molecule has 7 heteroatoms. The molecule has 22 heavy (non-hydrogen) atoms. The van der Waals surface area contributed by atoms with Crippen LogP contribution >= 0.6 is 11.6 Å². The molecule has 0 saturated carbocycles. The van der Waals surface area contributed by atoms with Crippen LogP contribution in [0.25, 0.3) is 0 Å². The smallest absolute Gasteiger partial charge is 0.339 e. The predicted molar refractivity (Wildman–Crippen MR) is 82.6 cm³/mol. The molecule has 0 aliphatic carbocycles. The number of amides is 1. The Hall–Kier alpha value is -2.21. The van der Waals surface area contributed by atoms with Gasteiger partial charge >= 0.3 is 5.97 Å². The van der Waals surface area contributed by atoms with E-state index in [4.69, 9.17) is 25.8 Å². The van der Waals surface area contributed by atoms with Crippen molar-refractivity contribution in [2.24, 2.45) is 0 Å². The molecule has 6 nitrogen and oxygen atoms in total. The highest BCUT2D eigenvalue weighted by atomic mass is 35.5. The Kier molecular flexibility index (Phi) is 6.72. The fourth-order valence-corrected chi connectivity index (χ4v) is 1.92. The molecule has 0 unspecified atom stereocenters. The van der Waals surface area contributed by atoms with Crippen LogP contribution in [0.4, 0.5) is 0 Å². The molecule has 120 valence electrons. The van der Waals surface area contributed by atoms with E-state index >= 15 is 0 Å². The van der Waals surface area contributed by atoms with Crippen LogP contribution in [0.3, 0.4) is 0 Å². The zero-order chi connectivity index (χ0) is 16.7. The van der Waals surface area contributed by atoms with Crippen LogP contribution in [-0.4, -0.2) is 38.7 Å². The molecule has 0 heterocycles. The van der Waals surface area contributed by atoms with Gasteiger partial charge in [0.05, 0.1) is 24.8 Å². The third kappa shape index (κ3) is 4.39. The fourth-order valence-electron chi connectivity index (χ4n) is 1.63. The number of rotatable bonds is 7. The van der Waals surface area contributed by atoms with Crippen molar-refractivity contribution in [3.05, 3.63) is 35.4 Å². The van der Waals surface area contributed by atoms with Crippen molar-refractivity contribution in [3.63, 3.8) is 0 Å². The van der Waals surface area contributed by atoms with E-state index in [0.29, 0.717) is 18.0 Å². The van der Waals surface area contributed by atoms with Crippen molar-refractivity contribution < 1.29 is 23.8 Å². The first-order valence-corrected chi connectivity index (χ1v) is 6.83. The Balaban J connectivity index is 2.87. The molecule has 0 fully saturated rings. The predicted octanol–water partition coefficient (Wildman–Crippen LogP) is 2.20. The van der Waals surface area contributed by atoms with Gasteiger partial charge in [0, 0.05) is 6.54 Å². The summed E-state index contributed by atoms with van der Waals surface area (Å²) >= 11 is 6.02. The maximum atomic E-state index is 12.1. The van der Waals surface area contributed by atoms with Gasteiger partial charge in [-0.25, -0.2) is 4.79 Å². The lowest BCUT2D eigenvalue weighted by Crippen LogP contribution is -2.35. The zero-order valence-corrected chi connectivity index (χ0v) is 13.4. The average Bonchev–Trinajstić information content (AvgIpc) is 2.51. The molecule has 1 atom stereocenters. The molecule has 1 aromatic rings. The lowest BCUT2D eigenvalue weighted by molar-refractivity contribution is -0.128. The highest BCUT2D eigenvalue weighted by molar-refractivity contribution is 6.32. The molecule has 1 rings (SSSR count). The van der Waals surface area contributed by atoms with Crippen LogP contribution in [0.15, 0.2) is 24.8 Å². The average molecular weight is 328 g/mol. The maximum absolute atomic E-state index is 12.1. The summed E-state index contributed by atoms with van der Waals surface area (Å²) in [6.45, 7) is 5.25. The molecule has 0 bridgehead atoms. The largest absolute Gasteiger partial charge is 0.493 e. The van der Waals surface area contributed by atoms with Crippen LogP contribution in [0.1, 0.15) is 17.3 Å². The first-order chi connectivity index (χ1) is 10.4. The number of esters is 1. The van der Waals surface area contributed by atoms with Gasteiger partial charge in [-0.1, -0.05) is 17.7 Å². The highest BCUT2D eigenvalue weighted by Gasteiger charge is 2.21. The third-order valence-electron chi connectivity index (χ3n) is 2.74. The minimum Gasteiger partial charge on any atom is -0.493 e. The quantitative estimate of drug-likeness (QED) is 0.614. The molecule has 1 N–H and O–H groups in total. The van der Waals surface area contributed by atoms with Crippen molar-refractivity contribution in [2.45, 2.75) is 13.0 Å². The van der Waals surface area contributed by atoms with Gasteiger partial charge in [0.2, 0.25) is 0 Å². The van der Waals surface area contributed by atoms with Gasteiger partial charge < -0.3 is 19.5 Å². The van der Waals surface area contributed by atoms with E-state index in [0.717, 1.165) is 0 Å². The summed E-state index contributed by atoms with van der Waals surface area (Å²) in [5.41, 5.74) is 0.158. The van der Waals surface area contributed by atoms with Gasteiger partial charge in [-0.15, -0.1) is 6.58 Å². The lowest BCUT2D eigenvalue weighted by atomic mass is 10.2. The second kappa shape index (κ2) is 8.29. The summed E-state index contributed by atoms with van der Waals surface area (Å²) in [5, 5.41) is 2.74. The fraction of sp³-hybridized carbons (Fsp3) is 0.333. The minimum atomic E-state index is -0.945. The summed E-state index contributed by atoms with van der Waals surface area (Å²) < 4.78 is 15.3. The number of hydrogen-bond acceptors (Lipinski definition) is 5. The summed E-state index contributed by atoms with van der Waals surface area (Å²) in [5.74, 6) is -0.493. The van der Waals surface area contributed by atoms with Crippen molar-refractivity contribution >= 4 is 23.5 Å². The van der Waals surface area contributed by atoms with Crippen LogP contribution in [0.2, 0.25) is 5.02 Å². The summed E-state index contributed by atoms with van der Waals surface area (Å²) in [4.78, 5) is 23.7. The standard InChI is InChI=1S/C15H18ClNO5/c1-5-6-17-14(18)9(2)22-15(19)10-7-11(16)13(21-4)12(8-10)20-3/h5,7-9H,1,6H2,2-4H3,(H,17,18)/t9-/m0/s1. The van der Waals surface area contributed by atoms with Crippen molar-refractivity contribution in [1.29, 1.82) is 0 Å². The lowest BCUT2D eigenvalue weighted by Gasteiger charge is -2.14. The molecular weight excluding hydrogens is 310 g/mol. The van der Waals surface area contributed by atoms with E-state index in [2.05, 4.69) is 11.9 Å². The monoisotopic (exact) mass is 327 g/mol. The number of carbonyl (C=O) groups is 2. The second-order valence-corrected chi connectivity index (χ2v) is 4.68. The van der Waals surface area contributed by atoms with Crippen LogP contribution in [0.5, 0.6) is 11.5 Å². The first-order valence-electron chi connectivity index (χ1n) is 6.45. The van der Waals surface area contributed by atoms with Crippen LogP contribution in [-0.2, 0) is 9.53 Å². The first kappa shape index (κ1) is 17.8. The normalized spacial score (nSPS) is 11.3. The number of methoxy groups -OCH3 is 2. The summed E-state index contributed by atoms with van der Waals surface area (Å²) in [7, 11) is 2.86. The molecule has 1 amide bonds. The van der Waals surface area contributed by atoms with Gasteiger partial charge in [-0.3, -0.25) is 4.79 Å².